The zero-order valence-electron chi connectivity index (χ0n) is 13.5. The van der Waals surface area contributed by atoms with Crippen LogP contribution >= 0.6 is 11.8 Å². The Bertz CT molecular complexity index is 746. The number of thioether (sulfide) groups is 1. The van der Waals surface area contributed by atoms with Crippen molar-refractivity contribution in [2.45, 2.75) is 25.2 Å². The van der Waals surface area contributed by atoms with E-state index in [2.05, 4.69) is 5.32 Å². The number of ether oxygens (including phenoxy) is 1. The Hall–Kier alpha value is -1.83. The minimum Gasteiger partial charge on any atom is -0.461 e. The average molecular weight is 349 g/mol. The number of hydrogen-bond donors (Lipinski definition) is 3. The van der Waals surface area contributed by atoms with Crippen molar-refractivity contribution in [2.75, 3.05) is 18.1 Å². The standard InChI is InChI=1S/C17H19NO5S/c1-3-24-9-8-23-15(20)13-10(2)18-17(22)12-7-5-4-6-11(12)14(19)16(13,17)21/h4-7,18,21-22H,3,8-9H2,1-2H3/t16-,17-/m1/s1. The molecule has 0 aromatic heterocycles. The lowest BCUT2D eigenvalue weighted by molar-refractivity contribution is -0.146. The first-order chi connectivity index (χ1) is 11.4. The molecule has 128 valence electrons. The molecule has 0 spiro atoms. The maximum atomic E-state index is 12.7. The van der Waals surface area contributed by atoms with Gasteiger partial charge in [-0.1, -0.05) is 31.2 Å². The van der Waals surface area contributed by atoms with Crippen LogP contribution in [0.4, 0.5) is 0 Å². The second kappa shape index (κ2) is 5.91. The van der Waals surface area contributed by atoms with Crippen LogP contribution in [0.1, 0.15) is 29.8 Å². The predicted octanol–water partition coefficient (Wildman–Crippen LogP) is 0.933. The van der Waals surface area contributed by atoms with Crippen LogP contribution in [0.25, 0.3) is 0 Å². The summed E-state index contributed by atoms with van der Waals surface area (Å²) in [6.07, 6.45) is 0. The summed E-state index contributed by atoms with van der Waals surface area (Å²) in [4.78, 5) is 25.2. The number of hydrogen-bond acceptors (Lipinski definition) is 7. The lowest BCUT2D eigenvalue weighted by Gasteiger charge is -2.31. The number of benzene rings is 1. The van der Waals surface area contributed by atoms with Gasteiger partial charge in [-0.3, -0.25) is 4.79 Å². The molecule has 0 fully saturated rings. The molecule has 1 aliphatic carbocycles. The molecule has 24 heavy (non-hydrogen) atoms. The van der Waals surface area contributed by atoms with Crippen molar-refractivity contribution in [3.05, 3.63) is 46.7 Å². The summed E-state index contributed by atoms with van der Waals surface area (Å²) in [5.41, 5.74) is -3.99. The number of aliphatic hydroxyl groups is 2. The molecule has 3 N–H and O–H groups in total. The molecule has 1 aliphatic heterocycles. The molecule has 1 aromatic carbocycles. The van der Waals surface area contributed by atoms with Gasteiger partial charge in [0.1, 0.15) is 12.2 Å². The van der Waals surface area contributed by atoms with Gasteiger partial charge in [0.15, 0.2) is 0 Å². The summed E-state index contributed by atoms with van der Waals surface area (Å²) in [5, 5.41) is 24.7. The quantitative estimate of drug-likeness (QED) is 0.538. The smallest absolute Gasteiger partial charge is 0.339 e. The molecule has 0 bridgehead atoms. The Balaban J connectivity index is 1.95. The second-order valence-electron chi connectivity index (χ2n) is 5.75. The molecule has 1 aromatic rings. The molecular formula is C17H19NO5S. The van der Waals surface area contributed by atoms with Gasteiger partial charge < -0.3 is 20.3 Å². The first-order valence-electron chi connectivity index (χ1n) is 7.71. The molecule has 7 heteroatoms. The van der Waals surface area contributed by atoms with Crippen molar-refractivity contribution in [3.63, 3.8) is 0 Å². The lowest BCUT2D eigenvalue weighted by Crippen LogP contribution is -2.56. The number of fused-ring (bicyclic) bond motifs is 3. The van der Waals surface area contributed by atoms with Crippen LogP contribution in [-0.4, -0.2) is 45.7 Å². The molecule has 0 saturated heterocycles. The molecule has 2 aliphatic rings. The summed E-state index contributed by atoms with van der Waals surface area (Å²) < 4.78 is 5.18. The van der Waals surface area contributed by atoms with E-state index in [4.69, 9.17) is 4.74 Å². The van der Waals surface area contributed by atoms with Crippen molar-refractivity contribution in [2.24, 2.45) is 0 Å². The van der Waals surface area contributed by atoms with Gasteiger partial charge in [0, 0.05) is 22.6 Å². The number of ketones is 1. The minimum absolute atomic E-state index is 0.170. The molecule has 0 amide bonds. The van der Waals surface area contributed by atoms with Gasteiger partial charge >= 0.3 is 5.97 Å². The van der Waals surface area contributed by atoms with Gasteiger partial charge in [0.05, 0.1) is 0 Å². The third kappa shape index (κ3) is 2.12. The maximum absolute atomic E-state index is 12.7. The van der Waals surface area contributed by atoms with Crippen LogP contribution < -0.4 is 5.32 Å². The zero-order chi connectivity index (χ0) is 17.5. The normalized spacial score (nSPS) is 27.8. The number of rotatable bonds is 5. The molecule has 2 atom stereocenters. The van der Waals surface area contributed by atoms with Gasteiger partial charge in [-0.2, -0.15) is 11.8 Å². The van der Waals surface area contributed by atoms with E-state index in [1.54, 1.807) is 30.0 Å². The summed E-state index contributed by atoms with van der Waals surface area (Å²) >= 11 is 1.61. The molecule has 0 unspecified atom stereocenters. The third-order valence-electron chi connectivity index (χ3n) is 4.39. The fourth-order valence-electron chi connectivity index (χ4n) is 3.32. The highest BCUT2D eigenvalue weighted by Gasteiger charge is 2.70. The number of carbonyl (C=O) groups is 2. The molecule has 6 nitrogen and oxygen atoms in total. The van der Waals surface area contributed by atoms with Gasteiger partial charge in [-0.25, -0.2) is 4.79 Å². The van der Waals surface area contributed by atoms with Crippen molar-refractivity contribution in [3.8, 4) is 0 Å². The van der Waals surface area contributed by atoms with E-state index in [1.165, 1.54) is 13.0 Å². The highest BCUT2D eigenvalue weighted by atomic mass is 32.2. The highest BCUT2D eigenvalue weighted by molar-refractivity contribution is 7.99. The largest absolute Gasteiger partial charge is 0.461 e. The molecule has 0 saturated carbocycles. The van der Waals surface area contributed by atoms with E-state index >= 15 is 0 Å². The molecule has 1 heterocycles. The van der Waals surface area contributed by atoms with Crippen LogP contribution in [0.15, 0.2) is 35.5 Å². The van der Waals surface area contributed by atoms with E-state index in [1.807, 2.05) is 6.92 Å². The van der Waals surface area contributed by atoms with E-state index in [-0.39, 0.29) is 29.0 Å². The summed E-state index contributed by atoms with van der Waals surface area (Å²) in [6, 6.07) is 6.37. The Labute approximate surface area is 143 Å². The fourth-order valence-corrected chi connectivity index (χ4v) is 3.81. The van der Waals surface area contributed by atoms with E-state index in [0.29, 0.717) is 5.75 Å². The van der Waals surface area contributed by atoms with Crippen LogP contribution in [0.3, 0.4) is 0 Å². The van der Waals surface area contributed by atoms with Crippen LogP contribution in [0.2, 0.25) is 0 Å². The molecule has 3 rings (SSSR count). The van der Waals surface area contributed by atoms with Crippen LogP contribution in [-0.2, 0) is 15.3 Å². The topological polar surface area (TPSA) is 95.9 Å². The van der Waals surface area contributed by atoms with Gasteiger partial charge in [-0.15, -0.1) is 0 Å². The number of carbonyl (C=O) groups excluding carboxylic acids is 2. The van der Waals surface area contributed by atoms with Gasteiger partial charge in [0.2, 0.25) is 17.1 Å². The monoisotopic (exact) mass is 349 g/mol. The molecule has 0 radical (unpaired) electrons. The van der Waals surface area contributed by atoms with Crippen LogP contribution in [0, 0.1) is 0 Å². The van der Waals surface area contributed by atoms with Gasteiger partial charge in [-0.05, 0) is 12.7 Å². The average Bonchev–Trinajstić information content (AvgIpc) is 2.87. The Morgan fingerprint density at radius 1 is 1.33 bits per heavy atom. The van der Waals surface area contributed by atoms with Crippen LogP contribution in [0.5, 0.6) is 0 Å². The van der Waals surface area contributed by atoms with Gasteiger partial charge in [0.25, 0.3) is 0 Å². The van der Waals surface area contributed by atoms with E-state index in [0.717, 1.165) is 5.75 Å². The highest BCUT2D eigenvalue weighted by Crippen LogP contribution is 2.51. The number of Topliss-reactive ketones (excluding diaryl/α,β-unsaturated/α-hetero) is 1. The Morgan fingerprint density at radius 2 is 2.04 bits per heavy atom. The Kier molecular flexibility index (Phi) is 4.19. The number of allylic oxidation sites excluding steroid dienone is 1. The second-order valence-corrected chi connectivity index (χ2v) is 7.15. The van der Waals surface area contributed by atoms with Crippen molar-refractivity contribution in [1.82, 2.24) is 5.32 Å². The minimum atomic E-state index is -2.38. The summed E-state index contributed by atoms with van der Waals surface area (Å²) in [6.45, 7) is 3.70. The fraction of sp³-hybridized carbons (Fsp3) is 0.412. The zero-order valence-corrected chi connectivity index (χ0v) is 14.3. The number of esters is 1. The third-order valence-corrected chi connectivity index (χ3v) is 5.25. The summed E-state index contributed by atoms with van der Waals surface area (Å²) in [5.74, 6) is 0.0214. The first-order valence-corrected chi connectivity index (χ1v) is 8.86. The van der Waals surface area contributed by atoms with Crippen molar-refractivity contribution < 1.29 is 24.5 Å². The van der Waals surface area contributed by atoms with E-state index in [9.17, 15) is 19.8 Å². The lowest BCUT2D eigenvalue weighted by atomic mass is 9.85. The summed E-state index contributed by atoms with van der Waals surface area (Å²) in [7, 11) is 0. The molecular weight excluding hydrogens is 330 g/mol. The van der Waals surface area contributed by atoms with Crippen molar-refractivity contribution in [1.29, 1.82) is 0 Å². The first kappa shape index (κ1) is 17.0. The van der Waals surface area contributed by atoms with E-state index < -0.39 is 23.1 Å². The maximum Gasteiger partial charge on any atom is 0.339 e. The predicted molar refractivity (Wildman–Crippen MR) is 89.4 cm³/mol. The van der Waals surface area contributed by atoms with Crippen molar-refractivity contribution >= 4 is 23.5 Å². The SMILES string of the molecule is CCSCCOC(=O)C1=C(C)N[C@@]2(O)c3ccccc3C(=O)[C@]12O. The number of nitrogens with one attached hydrogen (secondary N) is 1. The Morgan fingerprint density at radius 3 is 2.75 bits per heavy atom.